The van der Waals surface area contributed by atoms with Crippen molar-refractivity contribution in [1.82, 2.24) is 9.78 Å². The van der Waals surface area contributed by atoms with Crippen LogP contribution in [0.25, 0.3) is 0 Å². The predicted molar refractivity (Wildman–Crippen MR) is 48.5 cm³/mol. The SMILES string of the molecule is Cl.Cn1cc(N)c(OC2CC2)n1. The minimum Gasteiger partial charge on any atom is -0.472 e. The molecule has 0 aliphatic heterocycles. The van der Waals surface area contributed by atoms with E-state index in [9.17, 15) is 0 Å². The normalized spacial score (nSPS) is 15.4. The first-order chi connectivity index (χ1) is 5.25. The van der Waals surface area contributed by atoms with Crippen molar-refractivity contribution >= 4 is 18.1 Å². The maximum absolute atomic E-state index is 5.61. The highest BCUT2D eigenvalue weighted by Gasteiger charge is 2.25. The first-order valence-electron chi connectivity index (χ1n) is 3.71. The smallest absolute Gasteiger partial charge is 0.256 e. The Bertz CT molecular complexity index is 270. The van der Waals surface area contributed by atoms with Crippen LogP contribution < -0.4 is 10.5 Å². The van der Waals surface area contributed by atoms with Crippen LogP contribution in [-0.2, 0) is 7.05 Å². The number of rotatable bonds is 2. The van der Waals surface area contributed by atoms with Crippen molar-refractivity contribution in [3.8, 4) is 5.88 Å². The van der Waals surface area contributed by atoms with Gasteiger partial charge in [-0.1, -0.05) is 0 Å². The molecule has 1 aromatic rings. The zero-order valence-corrected chi connectivity index (χ0v) is 7.67. The Morgan fingerprint density at radius 1 is 1.67 bits per heavy atom. The first-order valence-corrected chi connectivity index (χ1v) is 3.71. The largest absolute Gasteiger partial charge is 0.472 e. The van der Waals surface area contributed by atoms with E-state index >= 15 is 0 Å². The molecule has 0 spiro atoms. The number of nitrogens with two attached hydrogens (primary N) is 1. The van der Waals surface area contributed by atoms with Crippen molar-refractivity contribution in [2.24, 2.45) is 7.05 Å². The molecule has 0 atom stereocenters. The van der Waals surface area contributed by atoms with Crippen LogP contribution in [-0.4, -0.2) is 15.9 Å². The molecule has 68 valence electrons. The summed E-state index contributed by atoms with van der Waals surface area (Å²) < 4.78 is 7.08. The lowest BCUT2D eigenvalue weighted by Gasteiger charge is -1.98. The molecule has 1 aliphatic carbocycles. The number of hydrogen-bond donors (Lipinski definition) is 1. The summed E-state index contributed by atoms with van der Waals surface area (Å²) in [6, 6.07) is 0. The van der Waals surface area contributed by atoms with E-state index in [0.717, 1.165) is 12.8 Å². The van der Waals surface area contributed by atoms with Crippen molar-refractivity contribution in [2.75, 3.05) is 5.73 Å². The summed E-state index contributed by atoms with van der Waals surface area (Å²) in [4.78, 5) is 0. The van der Waals surface area contributed by atoms with Crippen LogP contribution in [0.2, 0.25) is 0 Å². The molecule has 0 bridgehead atoms. The van der Waals surface area contributed by atoms with Crippen molar-refractivity contribution in [1.29, 1.82) is 0 Å². The van der Waals surface area contributed by atoms with Gasteiger partial charge in [-0.05, 0) is 12.8 Å². The molecule has 0 radical (unpaired) electrons. The van der Waals surface area contributed by atoms with Crippen LogP contribution >= 0.6 is 12.4 Å². The highest BCUT2D eigenvalue weighted by Crippen LogP contribution is 2.28. The highest BCUT2D eigenvalue weighted by atomic mass is 35.5. The molecular weight excluding hydrogens is 178 g/mol. The van der Waals surface area contributed by atoms with Gasteiger partial charge in [0.25, 0.3) is 5.88 Å². The van der Waals surface area contributed by atoms with Gasteiger partial charge in [0, 0.05) is 7.05 Å². The maximum atomic E-state index is 5.61. The standard InChI is InChI=1S/C7H11N3O.ClH/c1-10-4-6(8)7(9-10)11-5-2-3-5;/h4-5H,2-3,8H2,1H3;1H. The van der Waals surface area contributed by atoms with Crippen molar-refractivity contribution in [2.45, 2.75) is 18.9 Å². The molecule has 0 unspecified atom stereocenters. The van der Waals surface area contributed by atoms with Crippen LogP contribution in [0, 0.1) is 0 Å². The van der Waals surface area contributed by atoms with Gasteiger partial charge in [-0.3, -0.25) is 4.68 Å². The van der Waals surface area contributed by atoms with Crippen LogP contribution in [0.1, 0.15) is 12.8 Å². The van der Waals surface area contributed by atoms with Gasteiger partial charge < -0.3 is 10.5 Å². The second kappa shape index (κ2) is 3.23. The molecule has 1 aromatic heterocycles. The Kier molecular flexibility index (Phi) is 2.47. The second-order valence-electron chi connectivity index (χ2n) is 2.88. The van der Waals surface area contributed by atoms with Crippen LogP contribution in [0.3, 0.4) is 0 Å². The third-order valence-electron chi connectivity index (χ3n) is 1.62. The molecule has 2 rings (SSSR count). The van der Waals surface area contributed by atoms with Crippen LogP contribution in [0.5, 0.6) is 5.88 Å². The van der Waals surface area contributed by atoms with E-state index in [-0.39, 0.29) is 12.4 Å². The average molecular weight is 190 g/mol. The third-order valence-corrected chi connectivity index (χ3v) is 1.62. The zero-order valence-electron chi connectivity index (χ0n) is 6.86. The lowest BCUT2D eigenvalue weighted by atomic mass is 10.6. The fourth-order valence-electron chi connectivity index (χ4n) is 0.922. The van der Waals surface area contributed by atoms with E-state index in [1.54, 1.807) is 10.9 Å². The number of aromatic nitrogens is 2. The van der Waals surface area contributed by atoms with E-state index < -0.39 is 0 Å². The number of nitrogens with zero attached hydrogens (tertiary/aromatic N) is 2. The van der Waals surface area contributed by atoms with Gasteiger partial charge in [0.05, 0.1) is 6.20 Å². The van der Waals surface area contributed by atoms with E-state index in [4.69, 9.17) is 10.5 Å². The Hall–Kier alpha value is -0.900. The summed E-state index contributed by atoms with van der Waals surface area (Å²) >= 11 is 0. The third kappa shape index (κ3) is 1.82. The summed E-state index contributed by atoms with van der Waals surface area (Å²) in [6.07, 6.45) is 4.39. The van der Waals surface area contributed by atoms with Crippen molar-refractivity contribution in [3.63, 3.8) is 0 Å². The van der Waals surface area contributed by atoms with Crippen molar-refractivity contribution in [3.05, 3.63) is 6.20 Å². The minimum atomic E-state index is 0. The zero-order chi connectivity index (χ0) is 7.84. The molecule has 1 saturated carbocycles. The molecule has 2 N–H and O–H groups in total. The van der Waals surface area contributed by atoms with E-state index in [1.165, 1.54) is 0 Å². The van der Waals surface area contributed by atoms with E-state index in [1.807, 2.05) is 7.05 Å². The van der Waals surface area contributed by atoms with Gasteiger partial charge in [-0.2, -0.15) is 0 Å². The lowest BCUT2D eigenvalue weighted by Crippen LogP contribution is -1.99. The summed E-state index contributed by atoms with van der Waals surface area (Å²) in [7, 11) is 1.83. The molecule has 1 heterocycles. The Morgan fingerprint density at radius 2 is 2.33 bits per heavy atom. The number of nitrogen functional groups attached to an aromatic ring is 1. The second-order valence-corrected chi connectivity index (χ2v) is 2.88. The fourth-order valence-corrected chi connectivity index (χ4v) is 0.922. The number of aryl methyl sites for hydroxylation is 1. The number of hydrogen-bond acceptors (Lipinski definition) is 3. The Balaban J connectivity index is 0.000000720. The molecular formula is C7H12ClN3O. The average Bonchev–Trinajstić information content (AvgIpc) is 2.64. The molecule has 0 saturated heterocycles. The topological polar surface area (TPSA) is 53.1 Å². The summed E-state index contributed by atoms with van der Waals surface area (Å²) in [6.45, 7) is 0. The molecule has 5 heteroatoms. The summed E-state index contributed by atoms with van der Waals surface area (Å²) in [5.41, 5.74) is 6.23. The first kappa shape index (κ1) is 9.19. The van der Waals surface area contributed by atoms with Gasteiger partial charge in [-0.25, -0.2) is 0 Å². The summed E-state index contributed by atoms with van der Waals surface area (Å²) in [5, 5.41) is 4.06. The van der Waals surface area contributed by atoms with Crippen molar-refractivity contribution < 1.29 is 4.74 Å². The maximum Gasteiger partial charge on any atom is 0.256 e. The molecule has 4 nitrogen and oxygen atoms in total. The van der Waals surface area contributed by atoms with Crippen LogP contribution in [0.15, 0.2) is 6.20 Å². The number of anilines is 1. The van der Waals surface area contributed by atoms with Gasteiger partial charge in [0.2, 0.25) is 0 Å². The highest BCUT2D eigenvalue weighted by molar-refractivity contribution is 5.85. The molecule has 0 amide bonds. The predicted octanol–water partition coefficient (Wildman–Crippen LogP) is 0.965. The van der Waals surface area contributed by atoms with Crippen LogP contribution in [0.4, 0.5) is 5.69 Å². The Morgan fingerprint density at radius 3 is 2.75 bits per heavy atom. The molecule has 0 aromatic carbocycles. The van der Waals surface area contributed by atoms with E-state index in [2.05, 4.69) is 5.10 Å². The number of halogens is 1. The fraction of sp³-hybridized carbons (Fsp3) is 0.571. The van der Waals surface area contributed by atoms with Gasteiger partial charge in [0.15, 0.2) is 0 Å². The van der Waals surface area contributed by atoms with Gasteiger partial charge in [0.1, 0.15) is 11.8 Å². The molecule has 1 aliphatic rings. The summed E-state index contributed by atoms with van der Waals surface area (Å²) in [5.74, 6) is 0.579. The lowest BCUT2D eigenvalue weighted by molar-refractivity contribution is 0.289. The number of ether oxygens (including phenoxy) is 1. The monoisotopic (exact) mass is 189 g/mol. The van der Waals surface area contributed by atoms with Gasteiger partial charge >= 0.3 is 0 Å². The molecule has 12 heavy (non-hydrogen) atoms. The van der Waals surface area contributed by atoms with E-state index in [0.29, 0.717) is 17.7 Å². The minimum absolute atomic E-state index is 0. The quantitative estimate of drug-likeness (QED) is 0.754. The molecule has 1 fully saturated rings. The van der Waals surface area contributed by atoms with Gasteiger partial charge in [-0.15, -0.1) is 17.5 Å². The Labute approximate surface area is 77.1 Å².